The van der Waals surface area contributed by atoms with Crippen molar-refractivity contribution >= 4 is 28.9 Å². The Labute approximate surface area is 116 Å². The summed E-state index contributed by atoms with van der Waals surface area (Å²) < 4.78 is 13.5. The highest BCUT2D eigenvalue weighted by Crippen LogP contribution is 2.17. The van der Waals surface area contributed by atoms with Crippen molar-refractivity contribution in [2.24, 2.45) is 0 Å². The van der Waals surface area contributed by atoms with Crippen molar-refractivity contribution in [3.8, 4) is 0 Å². The number of halogens is 3. The average molecular weight is 284 g/mol. The van der Waals surface area contributed by atoms with Gasteiger partial charge in [0.25, 0.3) is 0 Å². The minimum absolute atomic E-state index is 0.264. The number of alkyl halides is 1. The van der Waals surface area contributed by atoms with Gasteiger partial charge in [0.1, 0.15) is 5.82 Å². The van der Waals surface area contributed by atoms with Gasteiger partial charge in [-0.3, -0.25) is 0 Å². The van der Waals surface area contributed by atoms with Crippen LogP contribution in [-0.2, 0) is 12.4 Å². The van der Waals surface area contributed by atoms with E-state index >= 15 is 0 Å². The number of anilines is 1. The molecule has 2 rings (SSSR count). The lowest BCUT2D eigenvalue weighted by Gasteiger charge is -2.08. The van der Waals surface area contributed by atoms with Crippen LogP contribution in [0, 0.1) is 5.82 Å². The summed E-state index contributed by atoms with van der Waals surface area (Å²) in [7, 11) is 0. The molecule has 4 heteroatoms. The van der Waals surface area contributed by atoms with E-state index in [0.29, 0.717) is 23.0 Å². The molecule has 0 atom stereocenters. The zero-order chi connectivity index (χ0) is 13.0. The Morgan fingerprint density at radius 2 is 1.94 bits per heavy atom. The van der Waals surface area contributed by atoms with E-state index in [1.807, 2.05) is 24.3 Å². The highest BCUT2D eigenvalue weighted by molar-refractivity contribution is 6.30. The van der Waals surface area contributed by atoms with Gasteiger partial charge in [0.2, 0.25) is 0 Å². The molecule has 0 heterocycles. The lowest BCUT2D eigenvalue weighted by atomic mass is 10.2. The summed E-state index contributed by atoms with van der Waals surface area (Å²) in [6.45, 7) is 0.387. The van der Waals surface area contributed by atoms with E-state index in [2.05, 4.69) is 5.32 Å². The van der Waals surface area contributed by atoms with Gasteiger partial charge in [0, 0.05) is 28.7 Å². The maximum Gasteiger partial charge on any atom is 0.128 e. The van der Waals surface area contributed by atoms with Gasteiger partial charge in [-0.1, -0.05) is 23.7 Å². The van der Waals surface area contributed by atoms with Gasteiger partial charge in [0.05, 0.1) is 0 Å². The molecule has 0 fully saturated rings. The maximum atomic E-state index is 13.5. The fraction of sp³-hybridized carbons (Fsp3) is 0.143. The maximum absolute atomic E-state index is 13.5. The quantitative estimate of drug-likeness (QED) is 0.793. The first-order chi connectivity index (χ1) is 8.69. The van der Waals surface area contributed by atoms with Crippen molar-refractivity contribution in [3.05, 3.63) is 64.4 Å². The van der Waals surface area contributed by atoms with E-state index in [1.54, 1.807) is 6.07 Å². The van der Waals surface area contributed by atoms with E-state index in [-0.39, 0.29) is 5.82 Å². The third kappa shape index (κ3) is 3.37. The molecular formula is C14H12Cl2FN. The average Bonchev–Trinajstić information content (AvgIpc) is 2.40. The molecule has 0 saturated heterocycles. The van der Waals surface area contributed by atoms with Crippen LogP contribution in [0.15, 0.2) is 42.5 Å². The Balaban J connectivity index is 2.08. The monoisotopic (exact) mass is 283 g/mol. The summed E-state index contributed by atoms with van der Waals surface area (Å²) in [5, 5.41) is 3.68. The highest BCUT2D eigenvalue weighted by Gasteiger charge is 2.03. The van der Waals surface area contributed by atoms with E-state index in [0.717, 1.165) is 11.3 Å². The van der Waals surface area contributed by atoms with Gasteiger partial charge in [-0.15, -0.1) is 11.6 Å². The zero-order valence-electron chi connectivity index (χ0n) is 9.59. The summed E-state index contributed by atoms with van der Waals surface area (Å²) >= 11 is 11.6. The molecule has 0 radical (unpaired) electrons. The Bertz CT molecular complexity index is 543. The van der Waals surface area contributed by atoms with Crippen molar-refractivity contribution in [2.75, 3.05) is 5.32 Å². The van der Waals surface area contributed by atoms with E-state index in [9.17, 15) is 4.39 Å². The fourth-order valence-corrected chi connectivity index (χ4v) is 2.00. The van der Waals surface area contributed by atoms with E-state index in [1.165, 1.54) is 12.1 Å². The van der Waals surface area contributed by atoms with Crippen molar-refractivity contribution in [1.82, 2.24) is 0 Å². The second-order valence-corrected chi connectivity index (χ2v) is 4.63. The van der Waals surface area contributed by atoms with Gasteiger partial charge in [-0.25, -0.2) is 4.39 Å². The van der Waals surface area contributed by atoms with Gasteiger partial charge < -0.3 is 5.32 Å². The van der Waals surface area contributed by atoms with Crippen LogP contribution in [0.4, 0.5) is 10.1 Å². The van der Waals surface area contributed by atoms with Crippen molar-refractivity contribution in [2.45, 2.75) is 12.4 Å². The van der Waals surface area contributed by atoms with Crippen molar-refractivity contribution in [1.29, 1.82) is 0 Å². The molecule has 18 heavy (non-hydrogen) atoms. The van der Waals surface area contributed by atoms with Gasteiger partial charge >= 0.3 is 0 Å². The first kappa shape index (κ1) is 13.2. The molecule has 2 aromatic rings. The Morgan fingerprint density at radius 1 is 1.11 bits per heavy atom. The molecule has 2 aromatic carbocycles. The Hall–Kier alpha value is -1.25. The molecule has 0 amide bonds. The summed E-state index contributed by atoms with van der Waals surface area (Å²) in [5.41, 5.74) is 2.47. The highest BCUT2D eigenvalue weighted by atomic mass is 35.5. The minimum atomic E-state index is -0.264. The van der Waals surface area contributed by atoms with Crippen LogP contribution in [0.3, 0.4) is 0 Å². The first-order valence-corrected chi connectivity index (χ1v) is 6.43. The topological polar surface area (TPSA) is 12.0 Å². The SMILES string of the molecule is Fc1ccc(Cl)cc1CNc1cccc(CCl)c1. The molecule has 0 aliphatic carbocycles. The fourth-order valence-electron chi connectivity index (χ4n) is 1.64. The first-order valence-electron chi connectivity index (χ1n) is 5.52. The molecular weight excluding hydrogens is 272 g/mol. The van der Waals surface area contributed by atoms with Crippen LogP contribution in [0.1, 0.15) is 11.1 Å². The van der Waals surface area contributed by atoms with Crippen LogP contribution in [0.5, 0.6) is 0 Å². The molecule has 94 valence electrons. The zero-order valence-corrected chi connectivity index (χ0v) is 11.1. The van der Waals surface area contributed by atoms with Crippen LogP contribution in [-0.4, -0.2) is 0 Å². The summed E-state index contributed by atoms with van der Waals surface area (Å²) in [6, 6.07) is 12.2. The smallest absolute Gasteiger partial charge is 0.128 e. The van der Waals surface area contributed by atoms with Gasteiger partial charge in [0.15, 0.2) is 0 Å². The molecule has 0 aromatic heterocycles. The molecule has 0 aliphatic rings. The molecule has 0 saturated carbocycles. The van der Waals surface area contributed by atoms with Crippen LogP contribution >= 0.6 is 23.2 Å². The molecule has 0 aliphatic heterocycles. The van der Waals surface area contributed by atoms with E-state index < -0.39 is 0 Å². The third-order valence-electron chi connectivity index (χ3n) is 2.57. The third-order valence-corrected chi connectivity index (χ3v) is 3.12. The van der Waals surface area contributed by atoms with Crippen molar-refractivity contribution < 1.29 is 4.39 Å². The minimum Gasteiger partial charge on any atom is -0.381 e. The molecule has 1 nitrogen and oxygen atoms in total. The lowest BCUT2D eigenvalue weighted by Crippen LogP contribution is -2.02. The van der Waals surface area contributed by atoms with E-state index in [4.69, 9.17) is 23.2 Å². The number of hydrogen-bond acceptors (Lipinski definition) is 1. The lowest BCUT2D eigenvalue weighted by molar-refractivity contribution is 0.613. The predicted octanol–water partition coefficient (Wildman–Crippen LogP) is 4.83. The largest absolute Gasteiger partial charge is 0.381 e. The van der Waals surface area contributed by atoms with Crippen LogP contribution in [0.2, 0.25) is 5.02 Å². The molecule has 0 bridgehead atoms. The second-order valence-electron chi connectivity index (χ2n) is 3.92. The predicted molar refractivity (Wildman–Crippen MR) is 74.7 cm³/mol. The number of benzene rings is 2. The Morgan fingerprint density at radius 3 is 2.72 bits per heavy atom. The number of rotatable bonds is 4. The standard InChI is InChI=1S/C14H12Cl2FN/c15-8-10-2-1-3-13(6-10)18-9-11-7-12(16)4-5-14(11)17/h1-7,18H,8-9H2. The number of hydrogen-bond donors (Lipinski definition) is 1. The normalized spacial score (nSPS) is 10.4. The summed E-state index contributed by atoms with van der Waals surface area (Å²) in [5.74, 6) is 0.196. The Kier molecular flexibility index (Phi) is 4.45. The van der Waals surface area contributed by atoms with Gasteiger partial charge in [-0.05, 0) is 35.9 Å². The summed E-state index contributed by atoms with van der Waals surface area (Å²) in [4.78, 5) is 0. The summed E-state index contributed by atoms with van der Waals surface area (Å²) in [6.07, 6.45) is 0. The van der Waals surface area contributed by atoms with Gasteiger partial charge in [-0.2, -0.15) is 0 Å². The van der Waals surface area contributed by atoms with Crippen molar-refractivity contribution in [3.63, 3.8) is 0 Å². The molecule has 0 spiro atoms. The molecule has 0 unspecified atom stereocenters. The second kappa shape index (κ2) is 6.07. The number of nitrogens with one attached hydrogen (secondary N) is 1. The van der Waals surface area contributed by atoms with Crippen LogP contribution in [0.25, 0.3) is 0 Å². The van der Waals surface area contributed by atoms with Crippen LogP contribution < -0.4 is 5.32 Å². The molecule has 1 N–H and O–H groups in total.